The van der Waals surface area contributed by atoms with E-state index < -0.39 is 14.8 Å². The fraction of sp³-hybridized carbons (Fsp3) is 0.400. The van der Waals surface area contributed by atoms with Crippen LogP contribution in [0.5, 0.6) is 0 Å². The molecule has 0 amide bonds. The van der Waals surface area contributed by atoms with Gasteiger partial charge in [0.05, 0.1) is 10.7 Å². The quantitative estimate of drug-likeness (QED) is 0.351. The van der Waals surface area contributed by atoms with Crippen LogP contribution in [-0.4, -0.2) is 31.9 Å². The van der Waals surface area contributed by atoms with Crippen molar-refractivity contribution in [3.05, 3.63) is 31.9 Å². The lowest BCUT2D eigenvalue weighted by molar-refractivity contribution is -0.384. The number of nitro benzene ring substituents is 1. The van der Waals surface area contributed by atoms with Crippen molar-refractivity contribution in [1.82, 2.24) is 0 Å². The van der Waals surface area contributed by atoms with Crippen molar-refractivity contribution in [2.75, 3.05) is 23.9 Å². The van der Waals surface area contributed by atoms with E-state index in [1.165, 1.54) is 18.4 Å². The van der Waals surface area contributed by atoms with Gasteiger partial charge in [-0.15, -0.1) is 0 Å². The van der Waals surface area contributed by atoms with Gasteiger partial charge in [-0.3, -0.25) is 10.1 Å². The molecule has 0 bridgehead atoms. The summed E-state index contributed by atoms with van der Waals surface area (Å²) in [4.78, 5) is 10.1. The number of benzene rings is 1. The molecule has 0 aliphatic carbocycles. The summed E-state index contributed by atoms with van der Waals surface area (Å²) in [5, 5.41) is 13.6. The van der Waals surface area contributed by atoms with E-state index in [9.17, 15) is 18.5 Å². The van der Waals surface area contributed by atoms with E-state index in [4.69, 9.17) is 0 Å². The van der Waals surface area contributed by atoms with Gasteiger partial charge in [0.15, 0.2) is 0 Å². The van der Waals surface area contributed by atoms with Crippen LogP contribution in [0.25, 0.3) is 0 Å². The Morgan fingerprint density at radius 1 is 1.44 bits per heavy atom. The van der Waals surface area contributed by atoms with Gasteiger partial charge in [0, 0.05) is 34.2 Å². The molecule has 0 aliphatic heterocycles. The Morgan fingerprint density at radius 3 is 2.61 bits per heavy atom. The van der Waals surface area contributed by atoms with Crippen molar-refractivity contribution in [2.24, 2.45) is 0 Å². The van der Waals surface area contributed by atoms with Crippen molar-refractivity contribution >= 4 is 43.8 Å². The molecule has 0 saturated carbocycles. The number of anilines is 1. The number of hydrogen-bond acceptors (Lipinski definition) is 5. The molecule has 0 aliphatic rings. The van der Waals surface area contributed by atoms with Crippen LogP contribution in [-0.2, 0) is 9.84 Å². The summed E-state index contributed by atoms with van der Waals surface area (Å²) in [5.74, 6) is 0.129. The molecule has 0 unspecified atom stereocenters. The monoisotopic (exact) mass is 384 g/mol. The molecule has 0 spiro atoms. The summed E-state index contributed by atoms with van der Waals surface area (Å²) in [6.45, 7) is 0.515. The number of halogens is 1. The Labute approximate surface area is 119 Å². The second-order valence-electron chi connectivity index (χ2n) is 3.83. The maximum Gasteiger partial charge on any atom is 0.270 e. The molecule has 6 nitrogen and oxygen atoms in total. The van der Waals surface area contributed by atoms with Gasteiger partial charge in [-0.1, -0.05) is 0 Å². The molecule has 0 saturated heterocycles. The second kappa shape index (κ2) is 6.32. The van der Waals surface area contributed by atoms with E-state index in [2.05, 4.69) is 5.32 Å². The zero-order valence-electron chi connectivity index (χ0n) is 9.72. The number of sulfone groups is 1. The lowest BCUT2D eigenvalue weighted by atomic mass is 10.3. The van der Waals surface area contributed by atoms with Gasteiger partial charge >= 0.3 is 0 Å². The molecule has 0 atom stereocenters. The van der Waals surface area contributed by atoms with E-state index in [0.717, 1.165) is 9.26 Å². The van der Waals surface area contributed by atoms with Crippen molar-refractivity contribution in [3.8, 4) is 0 Å². The van der Waals surface area contributed by atoms with Crippen LogP contribution in [0.2, 0.25) is 0 Å². The average Bonchev–Trinajstić information content (AvgIpc) is 2.24. The molecule has 1 aromatic carbocycles. The molecule has 18 heavy (non-hydrogen) atoms. The van der Waals surface area contributed by atoms with Gasteiger partial charge in [-0.25, -0.2) is 8.42 Å². The van der Waals surface area contributed by atoms with Crippen LogP contribution in [0.15, 0.2) is 18.2 Å². The Hall–Kier alpha value is -0.900. The fourth-order valence-corrected chi connectivity index (χ4v) is 2.68. The van der Waals surface area contributed by atoms with E-state index in [0.29, 0.717) is 13.0 Å². The first kappa shape index (κ1) is 15.2. The van der Waals surface area contributed by atoms with Crippen molar-refractivity contribution in [3.63, 3.8) is 0 Å². The minimum absolute atomic E-state index is 0.0427. The summed E-state index contributed by atoms with van der Waals surface area (Å²) in [6.07, 6.45) is 1.70. The predicted molar refractivity (Wildman–Crippen MR) is 78.6 cm³/mol. The molecule has 0 radical (unpaired) electrons. The fourth-order valence-electron chi connectivity index (χ4n) is 1.32. The predicted octanol–water partition coefficient (Wildman–Crippen LogP) is 2.05. The number of nitrogens with zero attached hydrogens (tertiary/aromatic N) is 1. The van der Waals surface area contributed by atoms with Gasteiger partial charge in [-0.2, -0.15) is 0 Å². The number of nitrogens with one attached hydrogen (secondary N) is 1. The summed E-state index contributed by atoms with van der Waals surface area (Å²) in [6, 6.07) is 4.51. The normalized spacial score (nSPS) is 11.2. The zero-order valence-corrected chi connectivity index (χ0v) is 12.7. The van der Waals surface area contributed by atoms with Gasteiger partial charge in [0.25, 0.3) is 5.69 Å². The van der Waals surface area contributed by atoms with Crippen LogP contribution in [0.3, 0.4) is 0 Å². The second-order valence-corrected chi connectivity index (χ2v) is 7.25. The van der Waals surface area contributed by atoms with Crippen LogP contribution >= 0.6 is 22.6 Å². The molecule has 8 heteroatoms. The maximum absolute atomic E-state index is 10.9. The third-order valence-corrected chi connectivity index (χ3v) is 4.09. The highest BCUT2D eigenvalue weighted by molar-refractivity contribution is 14.1. The molecule has 1 aromatic rings. The van der Waals surface area contributed by atoms with Crippen LogP contribution in [0.4, 0.5) is 11.4 Å². The first-order valence-electron chi connectivity index (χ1n) is 5.15. The number of nitro groups is 1. The van der Waals surface area contributed by atoms with Gasteiger partial charge in [0.1, 0.15) is 9.84 Å². The van der Waals surface area contributed by atoms with Crippen LogP contribution in [0, 0.1) is 13.7 Å². The minimum Gasteiger partial charge on any atom is -0.384 e. The van der Waals surface area contributed by atoms with Crippen LogP contribution in [0.1, 0.15) is 6.42 Å². The zero-order chi connectivity index (χ0) is 13.8. The number of non-ortho nitro benzene ring substituents is 1. The van der Waals surface area contributed by atoms with E-state index in [-0.39, 0.29) is 11.4 Å². The standard InChI is InChI=1S/C10H13IN2O4S/c1-18(16,17)6-2-5-12-10-4-3-8(13(14)15)7-9(10)11/h3-4,7,12H,2,5-6H2,1H3. The highest BCUT2D eigenvalue weighted by Gasteiger charge is 2.08. The SMILES string of the molecule is CS(=O)(=O)CCCNc1ccc([N+](=O)[O-])cc1I. The number of hydrogen-bond donors (Lipinski definition) is 1. The highest BCUT2D eigenvalue weighted by atomic mass is 127. The number of rotatable bonds is 6. The Bertz CT molecular complexity index is 545. The van der Waals surface area contributed by atoms with Crippen molar-refractivity contribution in [1.29, 1.82) is 0 Å². The molecule has 1 rings (SSSR count). The van der Waals surface area contributed by atoms with E-state index in [1.807, 2.05) is 22.6 Å². The van der Waals surface area contributed by atoms with Gasteiger partial charge < -0.3 is 5.32 Å². The average molecular weight is 384 g/mol. The molecule has 100 valence electrons. The minimum atomic E-state index is -2.94. The summed E-state index contributed by atoms with van der Waals surface area (Å²) in [7, 11) is -2.94. The molecule has 0 heterocycles. The highest BCUT2D eigenvalue weighted by Crippen LogP contribution is 2.23. The van der Waals surface area contributed by atoms with E-state index >= 15 is 0 Å². The van der Waals surface area contributed by atoms with E-state index in [1.54, 1.807) is 6.07 Å². The topological polar surface area (TPSA) is 89.3 Å². The van der Waals surface area contributed by atoms with Gasteiger partial charge in [-0.05, 0) is 35.1 Å². The molecule has 0 fully saturated rings. The smallest absolute Gasteiger partial charge is 0.270 e. The Balaban J connectivity index is 2.56. The molecule has 1 N–H and O–H groups in total. The Kier molecular flexibility index (Phi) is 5.32. The lowest BCUT2D eigenvalue weighted by Gasteiger charge is -2.07. The lowest BCUT2D eigenvalue weighted by Crippen LogP contribution is -2.10. The van der Waals surface area contributed by atoms with Gasteiger partial charge in [0.2, 0.25) is 0 Å². The summed E-state index contributed by atoms with van der Waals surface area (Å²) < 4.78 is 22.6. The third-order valence-electron chi connectivity index (χ3n) is 2.17. The summed E-state index contributed by atoms with van der Waals surface area (Å²) in [5.41, 5.74) is 0.816. The first-order valence-corrected chi connectivity index (χ1v) is 8.29. The summed E-state index contributed by atoms with van der Waals surface area (Å²) >= 11 is 2.00. The Morgan fingerprint density at radius 2 is 2.11 bits per heavy atom. The largest absolute Gasteiger partial charge is 0.384 e. The molecule has 0 aromatic heterocycles. The molecular formula is C10H13IN2O4S. The third kappa shape index (κ3) is 5.17. The molecular weight excluding hydrogens is 371 g/mol. The van der Waals surface area contributed by atoms with Crippen LogP contribution < -0.4 is 5.32 Å². The van der Waals surface area contributed by atoms with Crippen molar-refractivity contribution < 1.29 is 13.3 Å². The maximum atomic E-state index is 10.9. The van der Waals surface area contributed by atoms with Crippen molar-refractivity contribution in [2.45, 2.75) is 6.42 Å². The first-order chi connectivity index (χ1) is 8.29.